The molecule has 0 heterocycles. The predicted octanol–water partition coefficient (Wildman–Crippen LogP) is 9.45. The Morgan fingerprint density at radius 3 is 1.96 bits per heavy atom. The lowest BCUT2D eigenvalue weighted by Gasteiger charge is -2.46. The summed E-state index contributed by atoms with van der Waals surface area (Å²) < 4.78 is 0. The van der Waals surface area contributed by atoms with Gasteiger partial charge in [0.15, 0.2) is 0 Å². The fourth-order valence-corrected chi connectivity index (χ4v) is 7.75. The largest absolute Gasteiger partial charge is 0.508 e. The Labute approximate surface area is 280 Å². The number of hydrogen-bond acceptors (Lipinski definition) is 5. The van der Waals surface area contributed by atoms with Crippen LogP contribution in [-0.2, 0) is 30.5 Å². The average molecular weight is 635 g/mol. The Hall–Kier alpha value is -4.25. The third-order valence-corrected chi connectivity index (χ3v) is 10.5. The first-order valence-corrected chi connectivity index (χ1v) is 17.0. The van der Waals surface area contributed by atoms with Crippen LogP contribution in [0.2, 0.25) is 0 Å². The molecular formula is C42H50O5. The number of hydrogen-bond donors (Lipinski definition) is 4. The molecule has 2 aromatic rings. The number of benzene rings is 2. The molecule has 1 unspecified atom stereocenters. The van der Waals surface area contributed by atoms with Crippen molar-refractivity contribution in [3.8, 4) is 23.0 Å². The third-order valence-electron chi connectivity index (χ3n) is 10.5. The molecule has 0 radical (unpaired) electrons. The third kappa shape index (κ3) is 8.01. The monoisotopic (exact) mass is 634 g/mol. The topological polar surface area (TPSA) is 98.0 Å². The van der Waals surface area contributed by atoms with Gasteiger partial charge in [0, 0.05) is 22.1 Å². The van der Waals surface area contributed by atoms with Gasteiger partial charge in [0.05, 0.1) is 0 Å². The lowest BCUT2D eigenvalue weighted by molar-refractivity contribution is -0.122. The van der Waals surface area contributed by atoms with E-state index in [1.54, 1.807) is 24.3 Å². The van der Waals surface area contributed by atoms with Gasteiger partial charge in [-0.1, -0.05) is 70.9 Å². The zero-order valence-electron chi connectivity index (χ0n) is 28.2. The number of phenols is 4. The van der Waals surface area contributed by atoms with Gasteiger partial charge in [-0.15, -0.1) is 0 Å². The lowest BCUT2D eigenvalue weighted by atomic mass is 9.57. The molecule has 3 atom stereocenters. The van der Waals surface area contributed by atoms with Crippen molar-refractivity contribution < 1.29 is 25.2 Å². The maximum absolute atomic E-state index is 13.6. The van der Waals surface area contributed by atoms with E-state index in [1.165, 1.54) is 5.57 Å². The Bertz CT molecular complexity index is 1680. The molecule has 2 aromatic carbocycles. The molecule has 5 aliphatic carbocycles. The van der Waals surface area contributed by atoms with E-state index in [2.05, 4.69) is 50.0 Å². The summed E-state index contributed by atoms with van der Waals surface area (Å²) in [7, 11) is 0. The molecule has 248 valence electrons. The minimum atomic E-state index is -0.747. The van der Waals surface area contributed by atoms with Crippen LogP contribution in [0.25, 0.3) is 0 Å². The van der Waals surface area contributed by atoms with Gasteiger partial charge in [0.25, 0.3) is 0 Å². The minimum absolute atomic E-state index is 0.0928. The molecule has 6 bridgehead atoms. The number of aldehydes is 1. The molecule has 47 heavy (non-hydrogen) atoms. The fourth-order valence-electron chi connectivity index (χ4n) is 7.75. The van der Waals surface area contributed by atoms with Crippen molar-refractivity contribution in [3.05, 3.63) is 117 Å². The summed E-state index contributed by atoms with van der Waals surface area (Å²) in [6, 6.07) is 6.73. The quantitative estimate of drug-likeness (QED) is 0.142. The van der Waals surface area contributed by atoms with Gasteiger partial charge in [0.1, 0.15) is 29.3 Å². The van der Waals surface area contributed by atoms with Crippen LogP contribution in [-0.4, -0.2) is 26.7 Å². The van der Waals surface area contributed by atoms with Crippen LogP contribution in [0.4, 0.5) is 0 Å². The Morgan fingerprint density at radius 2 is 1.30 bits per heavy atom. The van der Waals surface area contributed by atoms with Crippen molar-refractivity contribution >= 4 is 6.29 Å². The standard InChI is InChI=1S/C42H50O5/c1-27-8-5-9-28(2)16-34-24-41(47)35(25-40(34)46)21-37-20-31-12-6-10-29(3)17-33-23-38(44)32(22-39(33)45)14-13-30(4)18-36(19-31)42(37,26-43)15-7-11-27/h7,9-11,13,19,22-26,36-37,44-47H,1,5-6,8,12,14-18,20-21H2,2-4H3/b11-7+,28-9-,29-10-,30-13+/t36-,37?,42-/m1/s1. The highest BCUT2D eigenvalue weighted by Gasteiger charge is 2.46. The molecule has 0 saturated carbocycles. The van der Waals surface area contributed by atoms with E-state index < -0.39 is 5.41 Å². The summed E-state index contributed by atoms with van der Waals surface area (Å²) in [6.45, 7) is 10.4. The molecule has 0 aromatic heterocycles. The van der Waals surface area contributed by atoms with Crippen LogP contribution in [0.3, 0.4) is 0 Å². The van der Waals surface area contributed by atoms with Gasteiger partial charge >= 0.3 is 0 Å². The lowest BCUT2D eigenvalue weighted by Crippen LogP contribution is -2.43. The van der Waals surface area contributed by atoms with Crippen molar-refractivity contribution in [1.82, 2.24) is 0 Å². The number of rotatable bonds is 1. The van der Waals surface area contributed by atoms with E-state index in [4.69, 9.17) is 0 Å². The van der Waals surface area contributed by atoms with Crippen molar-refractivity contribution in [3.63, 3.8) is 0 Å². The SMILES string of the molecule is C=C1/C=C/C[C@]2(C=O)C(CC3=C[C@H]2C/C(C)=C/Cc2cc(O)c(cc2O)C/C(C)=C\CC3)Cc2cc(O)c(cc2O)C/C(C)=C\CC1. The van der Waals surface area contributed by atoms with Gasteiger partial charge in [-0.3, -0.25) is 0 Å². The Morgan fingerprint density at radius 1 is 0.723 bits per heavy atom. The van der Waals surface area contributed by atoms with E-state index in [-0.39, 0.29) is 34.8 Å². The van der Waals surface area contributed by atoms with Crippen LogP contribution >= 0.6 is 0 Å². The first kappa shape index (κ1) is 34.1. The summed E-state index contributed by atoms with van der Waals surface area (Å²) in [5, 5.41) is 43.8. The maximum atomic E-state index is 13.6. The molecule has 0 amide bonds. The first-order valence-electron chi connectivity index (χ1n) is 17.0. The number of carbonyl (C=O) groups excluding carboxylic acids is 1. The van der Waals surface area contributed by atoms with Crippen LogP contribution in [0, 0.1) is 17.3 Å². The van der Waals surface area contributed by atoms with Gasteiger partial charge in [-0.2, -0.15) is 0 Å². The minimum Gasteiger partial charge on any atom is -0.508 e. The zero-order valence-corrected chi connectivity index (χ0v) is 28.2. The normalized spacial score (nSPS) is 28.5. The molecule has 0 spiro atoms. The molecule has 5 heteroatoms. The number of carbonyl (C=O) groups is 1. The highest BCUT2D eigenvalue weighted by atomic mass is 16.3. The molecular weight excluding hydrogens is 584 g/mol. The molecule has 0 aliphatic heterocycles. The van der Waals surface area contributed by atoms with E-state index in [9.17, 15) is 25.2 Å². The van der Waals surface area contributed by atoms with Crippen molar-refractivity contribution in [1.29, 1.82) is 0 Å². The second-order valence-electron chi connectivity index (χ2n) is 14.2. The van der Waals surface area contributed by atoms with E-state index in [0.717, 1.165) is 60.7 Å². The van der Waals surface area contributed by atoms with Crippen molar-refractivity contribution in [2.24, 2.45) is 17.3 Å². The summed E-state index contributed by atoms with van der Waals surface area (Å²) >= 11 is 0. The van der Waals surface area contributed by atoms with Crippen LogP contribution in [0.1, 0.15) is 88.0 Å². The van der Waals surface area contributed by atoms with Gasteiger partial charge in [0.2, 0.25) is 0 Å². The van der Waals surface area contributed by atoms with Gasteiger partial charge in [-0.25, -0.2) is 0 Å². The highest BCUT2D eigenvalue weighted by Crippen LogP contribution is 2.51. The van der Waals surface area contributed by atoms with Crippen LogP contribution < -0.4 is 0 Å². The summed E-state index contributed by atoms with van der Waals surface area (Å²) in [6.07, 6.45) is 21.4. The van der Waals surface area contributed by atoms with E-state index >= 15 is 0 Å². The molecule has 0 saturated heterocycles. The maximum Gasteiger partial charge on any atom is 0.127 e. The summed E-state index contributed by atoms with van der Waals surface area (Å²) in [4.78, 5) is 13.6. The Kier molecular flexibility index (Phi) is 10.6. The average Bonchev–Trinajstić information content (AvgIpc) is 3.01. The highest BCUT2D eigenvalue weighted by molar-refractivity contribution is 5.63. The summed E-state index contributed by atoms with van der Waals surface area (Å²) in [5.74, 6) is 0.507. The number of aromatic hydroxyl groups is 4. The summed E-state index contributed by atoms with van der Waals surface area (Å²) in [5.41, 5.74) is 7.64. The zero-order chi connectivity index (χ0) is 33.7. The van der Waals surface area contributed by atoms with Gasteiger partial charge in [-0.05, 0) is 133 Å². The predicted molar refractivity (Wildman–Crippen MR) is 190 cm³/mol. The molecule has 4 N–H and O–H groups in total. The Balaban J connectivity index is 1.60. The molecule has 7 rings (SSSR count). The fraction of sp³-hybridized carbons (Fsp3) is 0.405. The number of phenolic OH excluding ortho intramolecular Hbond substituents is 4. The molecule has 5 nitrogen and oxygen atoms in total. The second-order valence-corrected chi connectivity index (χ2v) is 14.2. The second kappa shape index (κ2) is 14.7. The molecule has 0 fully saturated rings. The van der Waals surface area contributed by atoms with E-state index in [1.807, 2.05) is 13.8 Å². The van der Waals surface area contributed by atoms with Crippen molar-refractivity contribution in [2.75, 3.05) is 0 Å². The van der Waals surface area contributed by atoms with E-state index in [0.29, 0.717) is 60.8 Å². The van der Waals surface area contributed by atoms with Crippen molar-refractivity contribution in [2.45, 2.75) is 91.4 Å². The first-order chi connectivity index (χ1) is 22.5. The number of allylic oxidation sites excluding steroid dienone is 11. The van der Waals surface area contributed by atoms with Crippen LogP contribution in [0.15, 0.2) is 95.2 Å². The smallest absolute Gasteiger partial charge is 0.127 e. The molecule has 5 aliphatic rings. The van der Waals surface area contributed by atoms with Gasteiger partial charge < -0.3 is 25.2 Å². The van der Waals surface area contributed by atoms with Crippen LogP contribution in [0.5, 0.6) is 23.0 Å². The number of fused-ring (bicyclic) bond motifs is 15.